The topological polar surface area (TPSA) is 9.23 Å². The number of benzene rings is 5. The summed E-state index contributed by atoms with van der Waals surface area (Å²) >= 11 is 0. The zero-order valence-electron chi connectivity index (χ0n) is 14.8. The van der Waals surface area contributed by atoms with Crippen LogP contribution in [0.25, 0.3) is 43.1 Å². The summed E-state index contributed by atoms with van der Waals surface area (Å²) in [5.74, 6) is 1.02. The molecule has 2 heteroatoms. The third-order valence-corrected chi connectivity index (χ3v) is 5.71. The molecule has 5 aromatic carbocycles. The first-order valence-electron chi connectivity index (χ1n) is 8.79. The molecule has 0 N–H and O–H groups in total. The molecule has 0 fully saturated rings. The molecule has 25 heavy (non-hydrogen) atoms. The van der Waals surface area contributed by atoms with Gasteiger partial charge in [0.15, 0.2) is 0 Å². The van der Waals surface area contributed by atoms with Crippen LogP contribution in [0.4, 0.5) is 0 Å². The van der Waals surface area contributed by atoms with Crippen molar-refractivity contribution in [3.63, 3.8) is 0 Å². The lowest BCUT2D eigenvalue weighted by Crippen LogP contribution is -2.29. The Balaban J connectivity index is 1.97. The fourth-order valence-electron chi connectivity index (χ4n) is 3.96. The molecule has 5 rings (SSSR count). The highest BCUT2D eigenvalue weighted by Crippen LogP contribution is 2.40. The van der Waals surface area contributed by atoms with Crippen molar-refractivity contribution in [3.8, 4) is 5.75 Å². The Morgan fingerprint density at radius 2 is 1.28 bits per heavy atom. The minimum Gasteiger partial charge on any atom is -0.544 e. The molecule has 0 spiro atoms. The monoisotopic (exact) mass is 340 g/mol. The molecule has 5 aromatic rings. The van der Waals surface area contributed by atoms with Crippen molar-refractivity contribution >= 4 is 51.4 Å². The van der Waals surface area contributed by atoms with Crippen molar-refractivity contribution < 1.29 is 4.43 Å². The number of rotatable bonds is 2. The van der Waals surface area contributed by atoms with E-state index < -0.39 is 8.32 Å². The Kier molecular flexibility index (Phi) is 2.92. The Labute approximate surface area is 148 Å². The van der Waals surface area contributed by atoms with E-state index in [1.807, 2.05) is 0 Å². The predicted molar refractivity (Wildman–Crippen MR) is 112 cm³/mol. The van der Waals surface area contributed by atoms with Crippen molar-refractivity contribution in [1.29, 1.82) is 0 Å². The maximum absolute atomic E-state index is 6.38. The van der Waals surface area contributed by atoms with Gasteiger partial charge in [0.05, 0.1) is 0 Å². The van der Waals surface area contributed by atoms with Crippen LogP contribution in [-0.2, 0) is 0 Å². The highest BCUT2D eigenvalue weighted by Gasteiger charge is 2.19. The van der Waals surface area contributed by atoms with E-state index >= 15 is 0 Å². The average molecular weight is 340 g/mol. The van der Waals surface area contributed by atoms with E-state index in [4.69, 9.17) is 4.43 Å². The van der Waals surface area contributed by atoms with Crippen LogP contribution in [-0.4, -0.2) is 8.32 Å². The fraction of sp³-hybridized carbons (Fsp3) is 0.130. The maximum Gasteiger partial charge on any atom is 0.242 e. The van der Waals surface area contributed by atoms with Gasteiger partial charge in [-0.25, -0.2) is 0 Å². The van der Waals surface area contributed by atoms with Gasteiger partial charge in [-0.15, -0.1) is 0 Å². The van der Waals surface area contributed by atoms with Gasteiger partial charge >= 0.3 is 0 Å². The molecule has 0 aromatic heterocycles. The van der Waals surface area contributed by atoms with Crippen molar-refractivity contribution in [3.05, 3.63) is 66.7 Å². The third kappa shape index (κ3) is 2.21. The smallest absolute Gasteiger partial charge is 0.242 e. The van der Waals surface area contributed by atoms with Crippen LogP contribution >= 0.6 is 0 Å². The van der Waals surface area contributed by atoms with E-state index in [2.05, 4.69) is 86.4 Å². The summed E-state index contributed by atoms with van der Waals surface area (Å²) < 4.78 is 6.38. The molecular weight excluding hydrogens is 320 g/mol. The standard InChI is InChI=1S/C23H20OSi/c1-25(2,3)24-21-9-5-8-18-19-13-12-16-7-4-6-15-10-11-17(14-20(18)21)23(19)22(15)16/h4-14H,1-3H3. The molecular formula is C23H20OSi. The molecule has 0 saturated heterocycles. The molecule has 0 saturated carbocycles. The highest BCUT2D eigenvalue weighted by molar-refractivity contribution is 6.70. The largest absolute Gasteiger partial charge is 0.544 e. The van der Waals surface area contributed by atoms with Gasteiger partial charge in [0.25, 0.3) is 0 Å². The molecule has 122 valence electrons. The van der Waals surface area contributed by atoms with E-state index in [1.54, 1.807) is 0 Å². The average Bonchev–Trinajstić information content (AvgIpc) is 2.58. The van der Waals surface area contributed by atoms with Crippen LogP contribution < -0.4 is 4.43 Å². The summed E-state index contributed by atoms with van der Waals surface area (Å²) in [4.78, 5) is 0. The van der Waals surface area contributed by atoms with E-state index in [-0.39, 0.29) is 0 Å². The summed E-state index contributed by atoms with van der Waals surface area (Å²) in [6.45, 7) is 6.70. The zero-order chi connectivity index (χ0) is 17.2. The van der Waals surface area contributed by atoms with E-state index in [0.717, 1.165) is 5.75 Å². The van der Waals surface area contributed by atoms with Gasteiger partial charge in [-0.2, -0.15) is 0 Å². The van der Waals surface area contributed by atoms with E-state index in [9.17, 15) is 0 Å². The van der Waals surface area contributed by atoms with Gasteiger partial charge in [0, 0.05) is 5.39 Å². The van der Waals surface area contributed by atoms with Gasteiger partial charge in [-0.3, -0.25) is 0 Å². The number of hydrogen-bond acceptors (Lipinski definition) is 1. The molecule has 0 aliphatic rings. The van der Waals surface area contributed by atoms with Crippen LogP contribution in [0.1, 0.15) is 0 Å². The third-order valence-electron chi connectivity index (χ3n) is 4.88. The Bertz CT molecular complexity index is 1230. The Morgan fingerprint density at radius 1 is 0.600 bits per heavy atom. The van der Waals surface area contributed by atoms with Crippen LogP contribution in [0.3, 0.4) is 0 Å². The molecule has 0 radical (unpaired) electrons. The maximum atomic E-state index is 6.38. The lowest BCUT2D eigenvalue weighted by Gasteiger charge is -2.21. The molecule has 0 atom stereocenters. The predicted octanol–water partition coefficient (Wildman–Crippen LogP) is 6.95. The zero-order valence-corrected chi connectivity index (χ0v) is 15.8. The minimum absolute atomic E-state index is 1.02. The van der Waals surface area contributed by atoms with Crippen LogP contribution in [0.2, 0.25) is 19.6 Å². The molecule has 0 amide bonds. The van der Waals surface area contributed by atoms with Crippen LogP contribution in [0, 0.1) is 0 Å². The van der Waals surface area contributed by atoms with Crippen molar-refractivity contribution in [1.82, 2.24) is 0 Å². The molecule has 0 bridgehead atoms. The second-order valence-corrected chi connectivity index (χ2v) is 12.2. The van der Waals surface area contributed by atoms with Gasteiger partial charge in [0.2, 0.25) is 8.32 Å². The molecule has 0 unspecified atom stereocenters. The minimum atomic E-state index is -1.66. The van der Waals surface area contributed by atoms with Crippen LogP contribution in [0.5, 0.6) is 5.75 Å². The summed E-state index contributed by atoms with van der Waals surface area (Å²) in [7, 11) is -1.66. The first-order chi connectivity index (χ1) is 12.0. The van der Waals surface area contributed by atoms with Crippen molar-refractivity contribution in [2.75, 3.05) is 0 Å². The first kappa shape index (κ1) is 14.7. The normalized spacial score (nSPS) is 12.6. The fourth-order valence-corrected chi connectivity index (χ4v) is 4.79. The van der Waals surface area contributed by atoms with Crippen molar-refractivity contribution in [2.24, 2.45) is 0 Å². The Morgan fingerprint density at radius 3 is 2.04 bits per heavy atom. The quantitative estimate of drug-likeness (QED) is 0.192. The molecule has 0 aliphatic heterocycles. The van der Waals surface area contributed by atoms with E-state index in [0.29, 0.717) is 0 Å². The van der Waals surface area contributed by atoms with Gasteiger partial charge in [-0.1, -0.05) is 54.6 Å². The second kappa shape index (κ2) is 4.96. The number of hydrogen-bond donors (Lipinski definition) is 0. The Hall–Kier alpha value is -2.58. The summed E-state index contributed by atoms with van der Waals surface area (Å²) in [6.07, 6.45) is 0. The van der Waals surface area contributed by atoms with E-state index in [1.165, 1.54) is 43.1 Å². The number of fused-ring (bicyclic) bond motifs is 2. The highest BCUT2D eigenvalue weighted by atomic mass is 28.4. The summed E-state index contributed by atoms with van der Waals surface area (Å²) in [6, 6.07) is 24.3. The van der Waals surface area contributed by atoms with Crippen LogP contribution in [0.15, 0.2) is 66.7 Å². The first-order valence-corrected chi connectivity index (χ1v) is 12.2. The van der Waals surface area contributed by atoms with Gasteiger partial charge in [0.1, 0.15) is 5.75 Å². The molecule has 0 aliphatic carbocycles. The van der Waals surface area contributed by atoms with Crippen molar-refractivity contribution in [2.45, 2.75) is 19.6 Å². The summed E-state index contributed by atoms with van der Waals surface area (Å²) in [5, 5.41) is 10.5. The SMILES string of the molecule is C[Si](C)(C)Oc1cccc2c1cc1ccc3cccc4ccc2c1c34. The molecule has 0 heterocycles. The lowest BCUT2D eigenvalue weighted by atomic mass is 9.91. The van der Waals surface area contributed by atoms with Gasteiger partial charge < -0.3 is 4.43 Å². The second-order valence-electron chi connectivity index (χ2n) is 7.80. The lowest BCUT2D eigenvalue weighted by molar-refractivity contribution is 0.564. The molecule has 1 nitrogen and oxygen atoms in total. The summed E-state index contributed by atoms with van der Waals surface area (Å²) in [5.41, 5.74) is 0. The van der Waals surface area contributed by atoms with Gasteiger partial charge in [-0.05, 0) is 69.5 Å².